The summed E-state index contributed by atoms with van der Waals surface area (Å²) in [7, 11) is 1.67. The lowest BCUT2D eigenvalue weighted by atomic mass is 9.71. The highest BCUT2D eigenvalue weighted by Crippen LogP contribution is 2.39. The quantitative estimate of drug-likeness (QED) is 0.928. The Kier molecular flexibility index (Phi) is 5.21. The van der Waals surface area contributed by atoms with E-state index in [4.69, 9.17) is 4.74 Å². The lowest BCUT2D eigenvalue weighted by molar-refractivity contribution is -0.133. The highest BCUT2D eigenvalue weighted by molar-refractivity contribution is 5.76. The van der Waals surface area contributed by atoms with Crippen LogP contribution in [-0.4, -0.2) is 44.1 Å². The van der Waals surface area contributed by atoms with E-state index >= 15 is 0 Å². The van der Waals surface area contributed by atoms with E-state index in [1.54, 1.807) is 7.11 Å². The van der Waals surface area contributed by atoms with E-state index in [0.29, 0.717) is 17.7 Å². The van der Waals surface area contributed by atoms with Crippen molar-refractivity contribution in [3.05, 3.63) is 29.8 Å². The SMILES string of the molecule is COc1ccc(CCC(=O)N2CCC3(CCNCC3)CC2)cc1. The minimum absolute atomic E-state index is 0.310. The molecule has 1 N–H and O–H groups in total. The van der Waals surface area contributed by atoms with E-state index in [0.717, 1.165) is 38.3 Å². The van der Waals surface area contributed by atoms with E-state index in [2.05, 4.69) is 10.2 Å². The number of nitrogens with zero attached hydrogens (tertiary/aromatic N) is 1. The molecule has 0 atom stereocenters. The van der Waals surface area contributed by atoms with E-state index in [9.17, 15) is 4.79 Å². The zero-order valence-electron chi connectivity index (χ0n) is 14.1. The zero-order valence-corrected chi connectivity index (χ0v) is 14.1. The monoisotopic (exact) mass is 316 g/mol. The van der Waals surface area contributed by atoms with Crippen LogP contribution < -0.4 is 10.1 Å². The summed E-state index contributed by atoms with van der Waals surface area (Å²) in [6.45, 7) is 4.18. The lowest BCUT2D eigenvalue weighted by Gasteiger charge is -2.44. The molecule has 1 spiro atoms. The summed E-state index contributed by atoms with van der Waals surface area (Å²) in [4.78, 5) is 14.5. The van der Waals surface area contributed by atoms with E-state index in [1.807, 2.05) is 24.3 Å². The molecule has 0 radical (unpaired) electrons. The van der Waals surface area contributed by atoms with Crippen molar-refractivity contribution in [3.8, 4) is 5.75 Å². The van der Waals surface area contributed by atoms with Crippen molar-refractivity contribution in [1.29, 1.82) is 0 Å². The van der Waals surface area contributed by atoms with E-state index in [1.165, 1.54) is 31.2 Å². The molecule has 2 heterocycles. The molecule has 0 saturated carbocycles. The summed E-state index contributed by atoms with van der Waals surface area (Å²) in [5, 5.41) is 3.45. The lowest BCUT2D eigenvalue weighted by Crippen LogP contribution is -2.47. The predicted octanol–water partition coefficient (Wildman–Crippen LogP) is 2.62. The van der Waals surface area contributed by atoms with Crippen LogP contribution in [0.3, 0.4) is 0 Å². The Morgan fingerprint density at radius 2 is 1.78 bits per heavy atom. The number of piperidine rings is 2. The molecule has 4 heteroatoms. The molecule has 2 aliphatic heterocycles. The standard InChI is InChI=1S/C19H28N2O2/c1-23-17-5-2-16(3-6-17)4-7-18(22)21-14-10-19(11-15-21)8-12-20-13-9-19/h2-3,5-6,20H,4,7-15H2,1H3. The minimum Gasteiger partial charge on any atom is -0.497 e. The number of likely N-dealkylation sites (tertiary alicyclic amines) is 1. The van der Waals surface area contributed by atoms with Crippen LogP contribution in [0, 0.1) is 5.41 Å². The summed E-state index contributed by atoms with van der Waals surface area (Å²) in [6.07, 6.45) is 6.35. The molecule has 126 valence electrons. The van der Waals surface area contributed by atoms with Gasteiger partial charge in [0.2, 0.25) is 5.91 Å². The average Bonchev–Trinajstić information content (AvgIpc) is 2.61. The first-order valence-corrected chi connectivity index (χ1v) is 8.82. The highest BCUT2D eigenvalue weighted by Gasteiger charge is 2.36. The van der Waals surface area contributed by atoms with Crippen LogP contribution in [0.25, 0.3) is 0 Å². The van der Waals surface area contributed by atoms with Crippen molar-refractivity contribution in [1.82, 2.24) is 10.2 Å². The Morgan fingerprint density at radius 3 is 2.39 bits per heavy atom. The number of methoxy groups -OCH3 is 1. The van der Waals surface area contributed by atoms with Crippen LogP contribution in [0.4, 0.5) is 0 Å². The fraction of sp³-hybridized carbons (Fsp3) is 0.632. The second-order valence-electron chi connectivity index (χ2n) is 6.98. The molecule has 0 aliphatic carbocycles. The molecule has 2 fully saturated rings. The van der Waals surface area contributed by atoms with Gasteiger partial charge in [-0.25, -0.2) is 0 Å². The summed E-state index contributed by atoms with van der Waals surface area (Å²) in [5.41, 5.74) is 1.71. The van der Waals surface area contributed by atoms with Gasteiger partial charge in [-0.15, -0.1) is 0 Å². The largest absolute Gasteiger partial charge is 0.497 e. The molecule has 2 saturated heterocycles. The number of benzene rings is 1. The number of amides is 1. The molecule has 1 amide bonds. The fourth-order valence-electron chi connectivity index (χ4n) is 3.89. The van der Waals surface area contributed by atoms with Gasteiger partial charge in [0, 0.05) is 19.5 Å². The van der Waals surface area contributed by atoms with Crippen molar-refractivity contribution in [2.24, 2.45) is 5.41 Å². The van der Waals surface area contributed by atoms with E-state index in [-0.39, 0.29) is 0 Å². The van der Waals surface area contributed by atoms with Crippen molar-refractivity contribution >= 4 is 5.91 Å². The molecular formula is C19H28N2O2. The third kappa shape index (κ3) is 4.05. The maximum Gasteiger partial charge on any atom is 0.222 e. The number of aryl methyl sites for hydroxylation is 1. The van der Waals surface area contributed by atoms with Crippen LogP contribution >= 0.6 is 0 Å². The van der Waals surface area contributed by atoms with Crippen LogP contribution in [0.5, 0.6) is 5.75 Å². The molecule has 0 aromatic heterocycles. The Balaban J connectivity index is 1.45. The third-order valence-electron chi connectivity index (χ3n) is 5.63. The van der Waals surface area contributed by atoms with Crippen molar-refractivity contribution < 1.29 is 9.53 Å². The smallest absolute Gasteiger partial charge is 0.222 e. The minimum atomic E-state index is 0.310. The molecule has 1 aromatic carbocycles. The van der Waals surface area contributed by atoms with Crippen LogP contribution in [0.2, 0.25) is 0 Å². The number of rotatable bonds is 4. The van der Waals surface area contributed by atoms with Crippen LogP contribution in [0.1, 0.15) is 37.7 Å². The Hall–Kier alpha value is -1.55. The molecule has 1 aromatic rings. The Bertz CT molecular complexity index is 511. The first-order valence-electron chi connectivity index (χ1n) is 8.82. The number of ether oxygens (including phenoxy) is 1. The topological polar surface area (TPSA) is 41.6 Å². The van der Waals surface area contributed by atoms with Gasteiger partial charge in [0.15, 0.2) is 0 Å². The summed E-state index contributed by atoms with van der Waals surface area (Å²) >= 11 is 0. The predicted molar refractivity (Wildman–Crippen MR) is 91.7 cm³/mol. The Labute approximate surface area is 139 Å². The summed E-state index contributed by atoms with van der Waals surface area (Å²) < 4.78 is 5.17. The van der Waals surface area contributed by atoms with Crippen LogP contribution in [0.15, 0.2) is 24.3 Å². The van der Waals surface area contributed by atoms with Crippen molar-refractivity contribution in [2.45, 2.75) is 38.5 Å². The van der Waals surface area contributed by atoms with Crippen molar-refractivity contribution in [2.75, 3.05) is 33.3 Å². The van der Waals surface area contributed by atoms with Gasteiger partial charge in [0.25, 0.3) is 0 Å². The molecule has 3 rings (SSSR count). The van der Waals surface area contributed by atoms with Gasteiger partial charge in [0.1, 0.15) is 5.75 Å². The molecule has 4 nitrogen and oxygen atoms in total. The first kappa shape index (κ1) is 16.3. The maximum absolute atomic E-state index is 12.5. The molecule has 0 unspecified atom stereocenters. The second kappa shape index (κ2) is 7.35. The zero-order chi connectivity index (χ0) is 16.1. The Morgan fingerprint density at radius 1 is 1.13 bits per heavy atom. The van der Waals surface area contributed by atoms with Crippen LogP contribution in [-0.2, 0) is 11.2 Å². The molecule has 0 bridgehead atoms. The summed E-state index contributed by atoms with van der Waals surface area (Å²) in [5.74, 6) is 1.17. The summed E-state index contributed by atoms with van der Waals surface area (Å²) in [6, 6.07) is 8.02. The van der Waals surface area contributed by atoms with Gasteiger partial charge in [-0.3, -0.25) is 4.79 Å². The average molecular weight is 316 g/mol. The van der Waals surface area contributed by atoms with Crippen molar-refractivity contribution in [3.63, 3.8) is 0 Å². The maximum atomic E-state index is 12.5. The molecule has 2 aliphatic rings. The number of nitrogens with one attached hydrogen (secondary N) is 1. The normalized spacial score (nSPS) is 20.5. The van der Waals surface area contributed by atoms with Gasteiger partial charge in [-0.1, -0.05) is 12.1 Å². The van der Waals surface area contributed by atoms with Gasteiger partial charge in [-0.05, 0) is 68.3 Å². The molecule has 23 heavy (non-hydrogen) atoms. The third-order valence-corrected chi connectivity index (χ3v) is 5.63. The van der Waals surface area contributed by atoms with Gasteiger partial charge < -0.3 is 15.0 Å². The highest BCUT2D eigenvalue weighted by atomic mass is 16.5. The fourth-order valence-corrected chi connectivity index (χ4v) is 3.89. The molecular weight excluding hydrogens is 288 g/mol. The number of hydrogen-bond acceptors (Lipinski definition) is 3. The number of carbonyl (C=O) groups excluding carboxylic acids is 1. The second-order valence-corrected chi connectivity index (χ2v) is 6.98. The number of carbonyl (C=O) groups is 1. The van der Waals surface area contributed by atoms with Gasteiger partial charge in [-0.2, -0.15) is 0 Å². The van der Waals surface area contributed by atoms with E-state index < -0.39 is 0 Å². The number of hydrogen-bond donors (Lipinski definition) is 1. The van der Waals surface area contributed by atoms with Gasteiger partial charge >= 0.3 is 0 Å². The van der Waals surface area contributed by atoms with Gasteiger partial charge in [0.05, 0.1) is 7.11 Å². The first-order chi connectivity index (χ1) is 11.2.